The van der Waals surface area contributed by atoms with E-state index in [-0.39, 0.29) is 5.91 Å². The predicted octanol–water partition coefficient (Wildman–Crippen LogP) is 4.75. The minimum atomic E-state index is -0.193. The van der Waals surface area contributed by atoms with Gasteiger partial charge in [0.05, 0.1) is 11.3 Å². The van der Waals surface area contributed by atoms with E-state index < -0.39 is 0 Å². The van der Waals surface area contributed by atoms with Gasteiger partial charge in [0.1, 0.15) is 5.69 Å². The molecule has 0 saturated carbocycles. The second-order valence-electron chi connectivity index (χ2n) is 6.38. The second-order valence-corrected chi connectivity index (χ2v) is 6.38. The molecule has 5 heteroatoms. The zero-order chi connectivity index (χ0) is 19.3. The van der Waals surface area contributed by atoms with Gasteiger partial charge in [0, 0.05) is 29.8 Å². The van der Waals surface area contributed by atoms with E-state index in [2.05, 4.69) is 22.3 Å². The number of carbonyl (C=O) groups excluding carboxylic acids is 1. The van der Waals surface area contributed by atoms with Gasteiger partial charge in [-0.1, -0.05) is 43.3 Å². The molecule has 1 amide bonds. The first-order chi connectivity index (χ1) is 13.8. The molecule has 0 atom stereocenters. The van der Waals surface area contributed by atoms with E-state index >= 15 is 0 Å². The van der Waals surface area contributed by atoms with Crippen molar-refractivity contribution in [3.63, 3.8) is 0 Å². The summed E-state index contributed by atoms with van der Waals surface area (Å²) in [6.07, 6.45) is 6.03. The number of aromatic nitrogens is 3. The van der Waals surface area contributed by atoms with Gasteiger partial charge in [0.15, 0.2) is 0 Å². The van der Waals surface area contributed by atoms with Crippen LogP contribution in [0.1, 0.15) is 22.8 Å². The molecule has 4 rings (SSSR count). The summed E-state index contributed by atoms with van der Waals surface area (Å²) in [5.41, 5.74) is 4.70. The average Bonchev–Trinajstić information content (AvgIpc) is 3.21. The first-order valence-corrected chi connectivity index (χ1v) is 9.21. The lowest BCUT2D eigenvalue weighted by Gasteiger charge is -2.09. The highest BCUT2D eigenvalue weighted by atomic mass is 16.1. The Hall–Kier alpha value is -3.73. The van der Waals surface area contributed by atoms with Crippen LogP contribution in [-0.4, -0.2) is 20.7 Å². The second kappa shape index (κ2) is 7.88. The fourth-order valence-corrected chi connectivity index (χ4v) is 3.11. The Balaban J connectivity index is 1.76. The SMILES string of the molecule is CCc1ccccc1NC(=O)c1cn(-c2ccccc2)nc1-c1cccnc1. The van der Waals surface area contributed by atoms with Gasteiger partial charge in [-0.3, -0.25) is 9.78 Å². The molecule has 2 heterocycles. The highest BCUT2D eigenvalue weighted by Gasteiger charge is 2.19. The van der Waals surface area contributed by atoms with E-state index in [4.69, 9.17) is 0 Å². The van der Waals surface area contributed by atoms with Gasteiger partial charge in [-0.2, -0.15) is 5.10 Å². The van der Waals surface area contributed by atoms with Crippen molar-refractivity contribution in [1.82, 2.24) is 14.8 Å². The fourth-order valence-electron chi connectivity index (χ4n) is 3.11. The van der Waals surface area contributed by atoms with E-state index in [1.165, 1.54) is 0 Å². The van der Waals surface area contributed by atoms with Crippen molar-refractivity contribution in [1.29, 1.82) is 0 Å². The number of nitrogens with one attached hydrogen (secondary N) is 1. The maximum absolute atomic E-state index is 13.1. The number of carbonyl (C=O) groups is 1. The standard InChI is InChI=1S/C23H20N4O/c1-2-17-9-6-7-13-21(17)25-23(28)20-16-27(19-11-4-3-5-12-19)26-22(20)18-10-8-14-24-15-18/h3-16H,2H2,1H3,(H,25,28). The first kappa shape index (κ1) is 17.7. The van der Waals surface area contributed by atoms with Crippen molar-refractivity contribution in [3.8, 4) is 16.9 Å². The highest BCUT2D eigenvalue weighted by Crippen LogP contribution is 2.25. The Morgan fingerprint density at radius 2 is 1.79 bits per heavy atom. The van der Waals surface area contributed by atoms with Crippen molar-refractivity contribution < 1.29 is 4.79 Å². The Labute approximate surface area is 163 Å². The van der Waals surface area contributed by atoms with Crippen molar-refractivity contribution in [3.05, 3.63) is 96.4 Å². The number of amides is 1. The third-order valence-electron chi connectivity index (χ3n) is 4.56. The van der Waals surface area contributed by atoms with Gasteiger partial charge in [0.2, 0.25) is 0 Å². The molecule has 0 aliphatic carbocycles. The molecule has 2 aromatic heterocycles. The van der Waals surface area contributed by atoms with Gasteiger partial charge >= 0.3 is 0 Å². The number of hydrogen-bond acceptors (Lipinski definition) is 3. The molecular formula is C23H20N4O. The van der Waals surface area contributed by atoms with Crippen LogP contribution in [-0.2, 0) is 6.42 Å². The molecule has 5 nitrogen and oxygen atoms in total. The third kappa shape index (κ3) is 3.55. The van der Waals surface area contributed by atoms with Crippen molar-refractivity contribution in [2.24, 2.45) is 0 Å². The number of benzene rings is 2. The van der Waals surface area contributed by atoms with Crippen LogP contribution in [0.5, 0.6) is 0 Å². The topological polar surface area (TPSA) is 59.8 Å². The quantitative estimate of drug-likeness (QED) is 0.553. The number of hydrogen-bond donors (Lipinski definition) is 1. The van der Waals surface area contributed by atoms with Crippen LogP contribution in [0.3, 0.4) is 0 Å². The summed E-state index contributed by atoms with van der Waals surface area (Å²) >= 11 is 0. The van der Waals surface area contributed by atoms with E-state index in [0.29, 0.717) is 11.3 Å². The molecule has 0 aliphatic rings. The molecule has 0 radical (unpaired) electrons. The molecule has 28 heavy (non-hydrogen) atoms. The summed E-state index contributed by atoms with van der Waals surface area (Å²) < 4.78 is 1.73. The van der Waals surface area contributed by atoms with E-state index in [1.54, 1.807) is 23.3 Å². The van der Waals surface area contributed by atoms with Gasteiger partial charge < -0.3 is 5.32 Å². The van der Waals surface area contributed by atoms with Crippen LogP contribution in [0.4, 0.5) is 5.69 Å². The van der Waals surface area contributed by atoms with Crippen LogP contribution in [0.2, 0.25) is 0 Å². The molecule has 4 aromatic rings. The Morgan fingerprint density at radius 1 is 1.00 bits per heavy atom. The Bertz CT molecular complexity index is 1090. The van der Waals surface area contributed by atoms with E-state index in [1.807, 2.05) is 66.7 Å². The minimum Gasteiger partial charge on any atom is -0.322 e. The van der Waals surface area contributed by atoms with Crippen molar-refractivity contribution in [2.45, 2.75) is 13.3 Å². The van der Waals surface area contributed by atoms with Crippen LogP contribution in [0.25, 0.3) is 16.9 Å². The molecule has 0 unspecified atom stereocenters. The van der Waals surface area contributed by atoms with Gasteiger partial charge in [-0.15, -0.1) is 0 Å². The largest absolute Gasteiger partial charge is 0.322 e. The summed E-state index contributed by atoms with van der Waals surface area (Å²) in [5.74, 6) is -0.193. The van der Waals surface area contributed by atoms with Crippen molar-refractivity contribution >= 4 is 11.6 Å². The molecule has 1 N–H and O–H groups in total. The molecule has 138 valence electrons. The normalized spacial score (nSPS) is 10.6. The van der Waals surface area contributed by atoms with E-state index in [0.717, 1.165) is 28.9 Å². The zero-order valence-electron chi connectivity index (χ0n) is 15.5. The summed E-state index contributed by atoms with van der Waals surface area (Å²) in [6, 6.07) is 21.3. The molecule has 0 fully saturated rings. The van der Waals surface area contributed by atoms with Crippen LogP contribution >= 0.6 is 0 Å². The summed E-state index contributed by atoms with van der Waals surface area (Å²) in [6.45, 7) is 2.07. The number of para-hydroxylation sites is 2. The number of pyridine rings is 1. The highest BCUT2D eigenvalue weighted by molar-refractivity contribution is 6.08. The van der Waals surface area contributed by atoms with Crippen LogP contribution < -0.4 is 5.32 Å². The smallest absolute Gasteiger partial charge is 0.259 e. The zero-order valence-corrected chi connectivity index (χ0v) is 15.5. The lowest BCUT2D eigenvalue weighted by Crippen LogP contribution is -2.13. The van der Waals surface area contributed by atoms with Gasteiger partial charge in [0.25, 0.3) is 5.91 Å². The molecule has 0 spiro atoms. The maximum atomic E-state index is 13.1. The van der Waals surface area contributed by atoms with Crippen LogP contribution in [0.15, 0.2) is 85.3 Å². The number of anilines is 1. The Kier molecular flexibility index (Phi) is 4.97. The summed E-state index contributed by atoms with van der Waals surface area (Å²) in [4.78, 5) is 17.3. The van der Waals surface area contributed by atoms with E-state index in [9.17, 15) is 4.79 Å². The molecule has 0 bridgehead atoms. The fraction of sp³-hybridized carbons (Fsp3) is 0.0870. The average molecular weight is 368 g/mol. The number of aryl methyl sites for hydroxylation is 1. The maximum Gasteiger partial charge on any atom is 0.259 e. The predicted molar refractivity (Wildman–Crippen MR) is 111 cm³/mol. The molecular weight excluding hydrogens is 348 g/mol. The first-order valence-electron chi connectivity index (χ1n) is 9.21. The lowest BCUT2D eigenvalue weighted by atomic mass is 10.1. The minimum absolute atomic E-state index is 0.193. The van der Waals surface area contributed by atoms with Crippen molar-refractivity contribution in [2.75, 3.05) is 5.32 Å². The Morgan fingerprint density at radius 3 is 2.54 bits per heavy atom. The number of nitrogens with zero attached hydrogens (tertiary/aromatic N) is 3. The van der Waals surface area contributed by atoms with Gasteiger partial charge in [-0.25, -0.2) is 4.68 Å². The lowest BCUT2D eigenvalue weighted by molar-refractivity contribution is 0.102. The molecule has 2 aromatic carbocycles. The summed E-state index contributed by atoms with van der Waals surface area (Å²) in [7, 11) is 0. The monoisotopic (exact) mass is 368 g/mol. The molecule has 0 aliphatic heterocycles. The summed E-state index contributed by atoms with van der Waals surface area (Å²) in [5, 5.41) is 7.71. The van der Waals surface area contributed by atoms with Gasteiger partial charge in [-0.05, 0) is 42.3 Å². The third-order valence-corrected chi connectivity index (χ3v) is 4.56. The van der Waals surface area contributed by atoms with Crippen LogP contribution in [0, 0.1) is 0 Å². The molecule has 0 saturated heterocycles. The number of rotatable bonds is 5.